The molecule has 1 saturated heterocycles. The number of hydrogen-bond donors (Lipinski definition) is 2. The number of carbonyl (C=O) groups excluding carboxylic acids is 1. The topological polar surface area (TPSA) is 78.9 Å². The summed E-state index contributed by atoms with van der Waals surface area (Å²) in [7, 11) is 1.58. The van der Waals surface area contributed by atoms with Crippen LogP contribution in [-0.2, 0) is 4.79 Å². The highest BCUT2D eigenvalue weighted by atomic mass is 16.5. The number of amides is 2. The van der Waals surface area contributed by atoms with Crippen molar-refractivity contribution in [3.8, 4) is 5.75 Å². The van der Waals surface area contributed by atoms with E-state index < -0.39 is 11.5 Å². The molecule has 0 bridgehead atoms. The normalized spacial score (nSPS) is 21.2. The molecule has 0 aliphatic carbocycles. The molecule has 1 unspecified atom stereocenters. The number of carbonyl (C=O) groups is 2. The smallest absolute Gasteiger partial charge is 0.329 e. The molecule has 114 valence electrons. The fourth-order valence-electron chi connectivity index (χ4n) is 2.60. The zero-order valence-electron chi connectivity index (χ0n) is 12.5. The maximum absolute atomic E-state index is 12.4. The van der Waals surface area contributed by atoms with Gasteiger partial charge >= 0.3 is 12.0 Å². The number of benzene rings is 1. The van der Waals surface area contributed by atoms with Crippen LogP contribution in [0, 0.1) is 6.92 Å². The van der Waals surface area contributed by atoms with Gasteiger partial charge in [0.1, 0.15) is 11.3 Å². The van der Waals surface area contributed by atoms with E-state index in [1.807, 2.05) is 13.0 Å². The molecule has 0 radical (unpaired) electrons. The van der Waals surface area contributed by atoms with E-state index in [0.29, 0.717) is 30.8 Å². The van der Waals surface area contributed by atoms with E-state index in [1.54, 1.807) is 26.2 Å². The van der Waals surface area contributed by atoms with E-state index >= 15 is 0 Å². The number of carboxylic acids is 1. The minimum atomic E-state index is -1.13. The van der Waals surface area contributed by atoms with Crippen LogP contribution in [0.25, 0.3) is 0 Å². The van der Waals surface area contributed by atoms with Crippen molar-refractivity contribution in [2.45, 2.75) is 32.2 Å². The third-order valence-electron chi connectivity index (χ3n) is 4.02. The van der Waals surface area contributed by atoms with E-state index in [9.17, 15) is 14.7 Å². The van der Waals surface area contributed by atoms with E-state index in [2.05, 4.69) is 5.32 Å². The Morgan fingerprint density at radius 3 is 2.71 bits per heavy atom. The van der Waals surface area contributed by atoms with Crippen LogP contribution in [0.3, 0.4) is 0 Å². The maximum Gasteiger partial charge on any atom is 0.329 e. The largest absolute Gasteiger partial charge is 0.497 e. The lowest BCUT2D eigenvalue weighted by molar-refractivity contribution is -0.146. The Hall–Kier alpha value is -2.24. The van der Waals surface area contributed by atoms with Crippen molar-refractivity contribution < 1.29 is 19.4 Å². The second-order valence-corrected chi connectivity index (χ2v) is 5.45. The molecule has 1 aliphatic heterocycles. The Labute approximate surface area is 123 Å². The average molecular weight is 292 g/mol. The maximum atomic E-state index is 12.4. The molecule has 6 heteroatoms. The van der Waals surface area contributed by atoms with Gasteiger partial charge in [-0.3, -0.25) is 0 Å². The first kappa shape index (κ1) is 15.2. The van der Waals surface area contributed by atoms with Crippen LogP contribution in [0.1, 0.15) is 25.3 Å². The van der Waals surface area contributed by atoms with Crippen molar-refractivity contribution in [2.75, 3.05) is 19.0 Å². The number of aryl methyl sites for hydroxylation is 1. The van der Waals surface area contributed by atoms with Crippen molar-refractivity contribution in [2.24, 2.45) is 0 Å². The summed E-state index contributed by atoms with van der Waals surface area (Å²) in [4.78, 5) is 25.2. The van der Waals surface area contributed by atoms with Gasteiger partial charge in [-0.1, -0.05) is 0 Å². The van der Waals surface area contributed by atoms with Gasteiger partial charge in [-0.15, -0.1) is 0 Å². The summed E-state index contributed by atoms with van der Waals surface area (Å²) in [5.74, 6) is -0.261. The second-order valence-electron chi connectivity index (χ2n) is 5.45. The van der Waals surface area contributed by atoms with Crippen LogP contribution in [0.2, 0.25) is 0 Å². The van der Waals surface area contributed by atoms with Crippen LogP contribution in [0.4, 0.5) is 10.5 Å². The summed E-state index contributed by atoms with van der Waals surface area (Å²) in [6.07, 6.45) is 1.16. The standard InChI is InChI=1S/C15H20N2O4/c1-10-9-11(21-3)5-6-12(10)16-14(20)17-8-4-7-15(17,2)13(18)19/h5-6,9H,4,7-8H2,1-3H3,(H,16,20)(H,18,19). The Morgan fingerprint density at radius 2 is 2.14 bits per heavy atom. The van der Waals surface area contributed by atoms with Crippen molar-refractivity contribution in [3.63, 3.8) is 0 Å². The van der Waals surface area contributed by atoms with Crippen LogP contribution < -0.4 is 10.1 Å². The van der Waals surface area contributed by atoms with Crippen LogP contribution in [0.15, 0.2) is 18.2 Å². The Morgan fingerprint density at radius 1 is 1.43 bits per heavy atom. The van der Waals surface area contributed by atoms with Crippen LogP contribution >= 0.6 is 0 Å². The molecule has 1 heterocycles. The molecule has 0 aromatic heterocycles. The molecule has 2 amide bonds. The molecule has 2 N–H and O–H groups in total. The summed E-state index contributed by atoms with van der Waals surface area (Å²) < 4.78 is 5.12. The third-order valence-corrected chi connectivity index (χ3v) is 4.02. The number of ether oxygens (including phenoxy) is 1. The first-order chi connectivity index (χ1) is 9.88. The van der Waals surface area contributed by atoms with E-state index in [4.69, 9.17) is 4.74 Å². The number of likely N-dealkylation sites (tertiary alicyclic amines) is 1. The zero-order chi connectivity index (χ0) is 15.6. The van der Waals surface area contributed by atoms with Gasteiger partial charge in [-0.2, -0.15) is 0 Å². The Bertz CT molecular complexity index is 573. The van der Waals surface area contributed by atoms with Crippen molar-refractivity contribution in [1.82, 2.24) is 4.90 Å². The Balaban J connectivity index is 2.16. The van der Waals surface area contributed by atoms with Gasteiger partial charge in [0.25, 0.3) is 0 Å². The summed E-state index contributed by atoms with van der Waals surface area (Å²) >= 11 is 0. The number of anilines is 1. The predicted octanol–water partition coefficient (Wildman–Crippen LogP) is 2.47. The average Bonchev–Trinajstić information content (AvgIpc) is 2.84. The summed E-state index contributed by atoms with van der Waals surface area (Å²) in [6.45, 7) is 3.89. The number of rotatable bonds is 3. The second kappa shape index (κ2) is 5.63. The van der Waals surface area contributed by atoms with Crippen molar-refractivity contribution in [1.29, 1.82) is 0 Å². The summed E-state index contributed by atoms with van der Waals surface area (Å²) in [6, 6.07) is 4.94. The summed E-state index contributed by atoms with van der Waals surface area (Å²) in [5, 5.41) is 12.1. The Kier molecular flexibility index (Phi) is 4.06. The molecule has 1 aromatic rings. The highest BCUT2D eigenvalue weighted by molar-refractivity contribution is 5.94. The van der Waals surface area contributed by atoms with Crippen LogP contribution in [-0.4, -0.2) is 41.2 Å². The molecule has 6 nitrogen and oxygen atoms in total. The number of aliphatic carboxylic acids is 1. The van der Waals surface area contributed by atoms with E-state index in [-0.39, 0.29) is 6.03 Å². The van der Waals surface area contributed by atoms with Gasteiger partial charge in [-0.05, 0) is 50.5 Å². The van der Waals surface area contributed by atoms with Gasteiger partial charge < -0.3 is 20.1 Å². The highest BCUT2D eigenvalue weighted by Crippen LogP contribution is 2.30. The minimum absolute atomic E-state index is 0.384. The molecule has 2 rings (SSSR count). The summed E-state index contributed by atoms with van der Waals surface area (Å²) in [5.41, 5.74) is 0.379. The molecular formula is C15H20N2O4. The molecule has 0 spiro atoms. The fourth-order valence-corrected chi connectivity index (χ4v) is 2.60. The molecule has 1 aliphatic rings. The van der Waals surface area contributed by atoms with Gasteiger partial charge in [0.2, 0.25) is 0 Å². The lowest BCUT2D eigenvalue weighted by Gasteiger charge is -2.31. The van der Waals surface area contributed by atoms with Gasteiger partial charge in [0.05, 0.1) is 7.11 Å². The lowest BCUT2D eigenvalue weighted by Crippen LogP contribution is -2.52. The molecule has 1 fully saturated rings. The first-order valence-electron chi connectivity index (χ1n) is 6.85. The molecular weight excluding hydrogens is 272 g/mol. The number of nitrogens with zero attached hydrogens (tertiary/aromatic N) is 1. The lowest BCUT2D eigenvalue weighted by atomic mass is 10.00. The number of hydrogen-bond acceptors (Lipinski definition) is 3. The number of carboxylic acid groups (broad SMARTS) is 1. The van der Waals surface area contributed by atoms with E-state index in [0.717, 1.165) is 5.56 Å². The number of nitrogens with one attached hydrogen (secondary N) is 1. The molecule has 1 aromatic carbocycles. The van der Waals surface area contributed by atoms with E-state index in [1.165, 1.54) is 4.90 Å². The quantitative estimate of drug-likeness (QED) is 0.897. The molecule has 21 heavy (non-hydrogen) atoms. The molecule has 1 atom stereocenters. The van der Waals surface area contributed by atoms with Crippen molar-refractivity contribution >= 4 is 17.7 Å². The third kappa shape index (κ3) is 2.79. The van der Waals surface area contributed by atoms with Crippen LogP contribution in [0.5, 0.6) is 5.75 Å². The SMILES string of the molecule is COc1ccc(NC(=O)N2CCCC2(C)C(=O)O)c(C)c1. The fraction of sp³-hybridized carbons (Fsp3) is 0.467. The van der Waals surface area contributed by atoms with Gasteiger partial charge in [-0.25, -0.2) is 9.59 Å². The van der Waals surface area contributed by atoms with Crippen molar-refractivity contribution in [3.05, 3.63) is 23.8 Å². The highest BCUT2D eigenvalue weighted by Gasteiger charge is 2.46. The number of urea groups is 1. The first-order valence-corrected chi connectivity index (χ1v) is 6.85. The van der Waals surface area contributed by atoms with Gasteiger partial charge in [0.15, 0.2) is 0 Å². The zero-order valence-corrected chi connectivity index (χ0v) is 12.5. The number of methoxy groups -OCH3 is 1. The molecule has 0 saturated carbocycles. The predicted molar refractivity (Wildman–Crippen MR) is 78.7 cm³/mol. The monoisotopic (exact) mass is 292 g/mol. The minimum Gasteiger partial charge on any atom is -0.497 e. The van der Waals surface area contributed by atoms with Gasteiger partial charge in [0, 0.05) is 12.2 Å².